The van der Waals surface area contributed by atoms with Crippen LogP contribution in [0.4, 0.5) is 4.79 Å². The third kappa shape index (κ3) is 4.99. The summed E-state index contributed by atoms with van der Waals surface area (Å²) in [6.07, 6.45) is 1.95. The monoisotopic (exact) mass is 173 g/mol. The van der Waals surface area contributed by atoms with E-state index in [0.29, 0.717) is 5.92 Å². The average Bonchev–Trinajstić information content (AvgIpc) is 2.02. The van der Waals surface area contributed by atoms with Gasteiger partial charge in [-0.05, 0) is 18.8 Å². The predicted molar refractivity (Wildman–Crippen MR) is 49.1 cm³/mol. The van der Waals surface area contributed by atoms with E-state index < -0.39 is 0 Å². The van der Waals surface area contributed by atoms with Crippen LogP contribution in [-0.4, -0.2) is 31.7 Å². The first-order valence-electron chi connectivity index (χ1n) is 4.37. The molecule has 0 saturated carbocycles. The minimum absolute atomic E-state index is 0.251. The van der Waals surface area contributed by atoms with E-state index >= 15 is 0 Å². The quantitative estimate of drug-likeness (QED) is 0.651. The van der Waals surface area contributed by atoms with Gasteiger partial charge in [-0.25, -0.2) is 4.79 Å². The molecule has 0 heterocycles. The zero-order valence-electron chi connectivity index (χ0n) is 8.46. The summed E-state index contributed by atoms with van der Waals surface area (Å²) in [4.78, 5) is 12.5. The van der Waals surface area contributed by atoms with Crippen molar-refractivity contribution >= 4 is 6.09 Å². The van der Waals surface area contributed by atoms with Crippen molar-refractivity contribution in [3.63, 3.8) is 0 Å². The molecule has 0 spiro atoms. The van der Waals surface area contributed by atoms with Crippen molar-refractivity contribution in [3.05, 3.63) is 0 Å². The van der Waals surface area contributed by atoms with E-state index in [2.05, 4.69) is 18.6 Å². The molecule has 0 aliphatic heterocycles. The van der Waals surface area contributed by atoms with Gasteiger partial charge in [0, 0.05) is 13.6 Å². The van der Waals surface area contributed by atoms with Gasteiger partial charge in [0.15, 0.2) is 0 Å². The van der Waals surface area contributed by atoms with Crippen molar-refractivity contribution in [2.75, 3.05) is 20.7 Å². The van der Waals surface area contributed by atoms with Crippen molar-refractivity contribution in [1.29, 1.82) is 0 Å². The molecule has 1 amide bonds. The fourth-order valence-electron chi connectivity index (χ4n) is 0.984. The van der Waals surface area contributed by atoms with Gasteiger partial charge in [-0.15, -0.1) is 0 Å². The molecule has 0 aromatic rings. The summed E-state index contributed by atoms with van der Waals surface area (Å²) in [5, 5.41) is 0. The Hall–Kier alpha value is -0.730. The van der Waals surface area contributed by atoms with Gasteiger partial charge < -0.3 is 9.64 Å². The van der Waals surface area contributed by atoms with Crippen LogP contribution >= 0.6 is 0 Å². The van der Waals surface area contributed by atoms with Gasteiger partial charge in [-0.2, -0.15) is 0 Å². The first-order chi connectivity index (χ1) is 5.57. The van der Waals surface area contributed by atoms with Crippen molar-refractivity contribution < 1.29 is 9.53 Å². The van der Waals surface area contributed by atoms with Crippen LogP contribution in [0.5, 0.6) is 0 Å². The second-order valence-electron chi connectivity index (χ2n) is 3.43. The lowest BCUT2D eigenvalue weighted by Crippen LogP contribution is -2.27. The highest BCUT2D eigenvalue weighted by molar-refractivity contribution is 5.66. The highest BCUT2D eigenvalue weighted by Gasteiger charge is 2.06. The zero-order valence-corrected chi connectivity index (χ0v) is 8.46. The number of rotatable bonds is 4. The molecule has 0 N–H and O–H groups in total. The van der Waals surface area contributed by atoms with Gasteiger partial charge in [0.1, 0.15) is 0 Å². The Morgan fingerprint density at radius 1 is 1.50 bits per heavy atom. The molecule has 0 aliphatic carbocycles. The van der Waals surface area contributed by atoms with Gasteiger partial charge >= 0.3 is 6.09 Å². The summed E-state index contributed by atoms with van der Waals surface area (Å²) in [5.41, 5.74) is 0. The molecule has 12 heavy (non-hydrogen) atoms. The van der Waals surface area contributed by atoms with Gasteiger partial charge in [-0.1, -0.05) is 13.8 Å². The largest absolute Gasteiger partial charge is 0.453 e. The van der Waals surface area contributed by atoms with Crippen molar-refractivity contribution in [1.82, 2.24) is 4.90 Å². The molecule has 0 fully saturated rings. The second kappa shape index (κ2) is 5.86. The molecule has 0 atom stereocenters. The number of hydrogen-bond donors (Lipinski definition) is 0. The summed E-state index contributed by atoms with van der Waals surface area (Å²) in [7, 11) is 3.16. The number of nitrogens with zero attached hydrogens (tertiary/aromatic N) is 1. The number of methoxy groups -OCH3 is 1. The molecule has 0 radical (unpaired) electrons. The third-order valence-electron chi connectivity index (χ3n) is 1.76. The Morgan fingerprint density at radius 3 is 2.50 bits per heavy atom. The van der Waals surface area contributed by atoms with Crippen LogP contribution in [0.2, 0.25) is 0 Å². The SMILES string of the molecule is COC(=O)N(C)CCCC(C)C. The number of amides is 1. The Bertz CT molecular complexity index is 134. The number of ether oxygens (including phenoxy) is 1. The summed E-state index contributed by atoms with van der Waals surface area (Å²) >= 11 is 0. The minimum atomic E-state index is -0.251. The zero-order chi connectivity index (χ0) is 9.56. The molecule has 72 valence electrons. The smallest absolute Gasteiger partial charge is 0.409 e. The lowest BCUT2D eigenvalue weighted by molar-refractivity contribution is 0.132. The Labute approximate surface area is 74.7 Å². The topological polar surface area (TPSA) is 29.5 Å². The van der Waals surface area contributed by atoms with E-state index in [1.165, 1.54) is 7.11 Å². The van der Waals surface area contributed by atoms with Crippen LogP contribution in [0.3, 0.4) is 0 Å². The maximum absolute atomic E-state index is 10.9. The molecule has 0 aromatic heterocycles. The molecule has 3 heteroatoms. The van der Waals surface area contributed by atoms with Crippen LogP contribution in [0.15, 0.2) is 0 Å². The first kappa shape index (κ1) is 11.3. The summed E-state index contributed by atoms with van der Waals surface area (Å²) in [6, 6.07) is 0. The molecule has 3 nitrogen and oxygen atoms in total. The third-order valence-corrected chi connectivity index (χ3v) is 1.76. The van der Waals surface area contributed by atoms with E-state index in [1.54, 1.807) is 11.9 Å². The van der Waals surface area contributed by atoms with E-state index in [9.17, 15) is 4.79 Å². The normalized spacial score (nSPS) is 10.1. The Kier molecular flexibility index (Phi) is 5.51. The predicted octanol–water partition coefficient (Wildman–Crippen LogP) is 2.12. The highest BCUT2D eigenvalue weighted by atomic mass is 16.5. The summed E-state index contributed by atoms with van der Waals surface area (Å²) in [6.45, 7) is 5.14. The molecular weight excluding hydrogens is 154 g/mol. The molecule has 0 aromatic carbocycles. The van der Waals surface area contributed by atoms with Crippen molar-refractivity contribution in [3.8, 4) is 0 Å². The standard InChI is InChI=1S/C9H19NO2/c1-8(2)6-5-7-10(3)9(11)12-4/h8H,5-7H2,1-4H3. The van der Waals surface area contributed by atoms with Crippen LogP contribution in [0, 0.1) is 5.92 Å². The van der Waals surface area contributed by atoms with E-state index in [0.717, 1.165) is 19.4 Å². The second-order valence-corrected chi connectivity index (χ2v) is 3.43. The molecule has 0 saturated heterocycles. The maximum Gasteiger partial charge on any atom is 0.409 e. The van der Waals surface area contributed by atoms with Gasteiger partial charge in [0.2, 0.25) is 0 Å². The van der Waals surface area contributed by atoms with Gasteiger partial charge in [0.25, 0.3) is 0 Å². The minimum Gasteiger partial charge on any atom is -0.453 e. The average molecular weight is 173 g/mol. The molecule has 0 bridgehead atoms. The molecule has 0 rings (SSSR count). The van der Waals surface area contributed by atoms with Crippen molar-refractivity contribution in [2.45, 2.75) is 26.7 Å². The number of carbonyl (C=O) groups excluding carboxylic acids is 1. The van der Waals surface area contributed by atoms with E-state index in [-0.39, 0.29) is 6.09 Å². The Morgan fingerprint density at radius 2 is 2.08 bits per heavy atom. The lowest BCUT2D eigenvalue weighted by Gasteiger charge is -2.15. The van der Waals surface area contributed by atoms with Crippen LogP contribution < -0.4 is 0 Å². The van der Waals surface area contributed by atoms with Crippen LogP contribution in [0.25, 0.3) is 0 Å². The van der Waals surface area contributed by atoms with Crippen LogP contribution in [-0.2, 0) is 4.74 Å². The Balaban J connectivity index is 3.43. The number of hydrogen-bond acceptors (Lipinski definition) is 2. The number of carbonyl (C=O) groups is 1. The van der Waals surface area contributed by atoms with E-state index in [1.807, 2.05) is 0 Å². The fourth-order valence-corrected chi connectivity index (χ4v) is 0.984. The first-order valence-corrected chi connectivity index (χ1v) is 4.37. The highest BCUT2D eigenvalue weighted by Crippen LogP contribution is 2.04. The molecular formula is C9H19NO2. The fraction of sp³-hybridized carbons (Fsp3) is 0.889. The van der Waals surface area contributed by atoms with Crippen molar-refractivity contribution in [2.24, 2.45) is 5.92 Å². The maximum atomic E-state index is 10.9. The van der Waals surface area contributed by atoms with Crippen LogP contribution in [0.1, 0.15) is 26.7 Å². The van der Waals surface area contributed by atoms with E-state index in [4.69, 9.17) is 0 Å². The summed E-state index contributed by atoms with van der Waals surface area (Å²) in [5.74, 6) is 0.705. The summed E-state index contributed by atoms with van der Waals surface area (Å²) < 4.78 is 4.56. The molecule has 0 unspecified atom stereocenters. The lowest BCUT2D eigenvalue weighted by atomic mass is 10.1. The van der Waals surface area contributed by atoms with Gasteiger partial charge in [-0.3, -0.25) is 0 Å². The molecule has 0 aliphatic rings. The van der Waals surface area contributed by atoms with Gasteiger partial charge in [0.05, 0.1) is 7.11 Å².